The van der Waals surface area contributed by atoms with Crippen LogP contribution in [-0.4, -0.2) is 56.2 Å². The maximum Gasteiger partial charge on any atom is 0.342 e. The molecule has 11 heteroatoms. The number of amides is 1. The van der Waals surface area contributed by atoms with Gasteiger partial charge in [-0.3, -0.25) is 4.79 Å². The lowest BCUT2D eigenvalue weighted by molar-refractivity contribution is -0.119. The maximum atomic E-state index is 12.7. The van der Waals surface area contributed by atoms with E-state index in [1.807, 2.05) is 0 Å². The van der Waals surface area contributed by atoms with Crippen molar-refractivity contribution in [2.24, 2.45) is 0 Å². The highest BCUT2D eigenvalue weighted by Crippen LogP contribution is 2.34. The smallest absolute Gasteiger partial charge is 0.342 e. The standard InChI is InChI=1S/C20H20N2O8S/c23-16-5-4-14(31(26,27)22-7-1-2-8-22)10-15(16)20(25)28-11-19(24)21-13-3-6-17-18(9-13)30-12-29-17/h3-6,9-10,23H,1-2,7-8,11-12H2,(H,21,24). The summed E-state index contributed by atoms with van der Waals surface area (Å²) in [6.45, 7) is 0.280. The number of phenolic OH excluding ortho intramolecular Hbond substituents is 1. The lowest BCUT2D eigenvalue weighted by Gasteiger charge is -2.16. The van der Waals surface area contributed by atoms with Crippen LogP contribution in [0.3, 0.4) is 0 Å². The van der Waals surface area contributed by atoms with Gasteiger partial charge < -0.3 is 24.6 Å². The van der Waals surface area contributed by atoms with Crippen LogP contribution in [-0.2, 0) is 19.6 Å². The van der Waals surface area contributed by atoms with Crippen LogP contribution in [0.5, 0.6) is 17.2 Å². The van der Waals surface area contributed by atoms with Gasteiger partial charge in [-0.05, 0) is 43.2 Å². The number of fused-ring (bicyclic) bond motifs is 1. The summed E-state index contributed by atoms with van der Waals surface area (Å²) in [4.78, 5) is 24.4. The molecule has 164 valence electrons. The van der Waals surface area contributed by atoms with Crippen molar-refractivity contribution in [1.82, 2.24) is 4.31 Å². The first-order chi connectivity index (χ1) is 14.8. The Balaban J connectivity index is 1.40. The van der Waals surface area contributed by atoms with E-state index in [0.717, 1.165) is 25.0 Å². The van der Waals surface area contributed by atoms with Gasteiger partial charge in [0.1, 0.15) is 11.3 Å². The van der Waals surface area contributed by atoms with Crippen LogP contribution in [0.15, 0.2) is 41.3 Å². The molecule has 0 atom stereocenters. The van der Waals surface area contributed by atoms with Gasteiger partial charge in [0.15, 0.2) is 18.1 Å². The van der Waals surface area contributed by atoms with Crippen molar-refractivity contribution in [1.29, 1.82) is 0 Å². The molecule has 2 heterocycles. The summed E-state index contributed by atoms with van der Waals surface area (Å²) in [5, 5.41) is 12.5. The molecule has 2 aromatic carbocycles. The van der Waals surface area contributed by atoms with Crippen LogP contribution < -0.4 is 14.8 Å². The first-order valence-corrected chi connectivity index (χ1v) is 11.0. The summed E-state index contributed by atoms with van der Waals surface area (Å²) >= 11 is 0. The number of rotatable bonds is 6. The van der Waals surface area contributed by atoms with E-state index in [-0.39, 0.29) is 17.3 Å². The van der Waals surface area contributed by atoms with Crippen molar-refractivity contribution in [2.75, 3.05) is 31.8 Å². The summed E-state index contributed by atoms with van der Waals surface area (Å²) in [7, 11) is -3.78. The average Bonchev–Trinajstić information content (AvgIpc) is 3.44. The van der Waals surface area contributed by atoms with Crippen molar-refractivity contribution < 1.29 is 37.3 Å². The van der Waals surface area contributed by atoms with Crippen LogP contribution in [0, 0.1) is 0 Å². The van der Waals surface area contributed by atoms with Crippen molar-refractivity contribution >= 4 is 27.6 Å². The molecular weight excluding hydrogens is 428 g/mol. The molecule has 0 bridgehead atoms. The predicted molar refractivity (Wildman–Crippen MR) is 108 cm³/mol. The second-order valence-corrected chi connectivity index (χ2v) is 8.92. The Hall–Kier alpha value is -3.31. The first-order valence-electron chi connectivity index (χ1n) is 9.54. The number of anilines is 1. The fraction of sp³-hybridized carbons (Fsp3) is 0.300. The van der Waals surface area contributed by atoms with E-state index in [4.69, 9.17) is 14.2 Å². The van der Waals surface area contributed by atoms with Gasteiger partial charge in [-0.15, -0.1) is 0 Å². The fourth-order valence-corrected chi connectivity index (χ4v) is 4.84. The Bertz CT molecular complexity index is 1130. The monoisotopic (exact) mass is 448 g/mol. The number of nitrogens with one attached hydrogen (secondary N) is 1. The lowest BCUT2D eigenvalue weighted by Crippen LogP contribution is -2.28. The summed E-state index contributed by atoms with van der Waals surface area (Å²) in [6, 6.07) is 8.21. The number of hydrogen-bond acceptors (Lipinski definition) is 8. The molecule has 2 aliphatic heterocycles. The number of sulfonamides is 1. The minimum Gasteiger partial charge on any atom is -0.507 e. The molecule has 2 aromatic rings. The highest BCUT2D eigenvalue weighted by Gasteiger charge is 2.29. The van der Waals surface area contributed by atoms with Crippen molar-refractivity contribution in [3.63, 3.8) is 0 Å². The zero-order chi connectivity index (χ0) is 22.0. The Kier molecular flexibility index (Phi) is 5.70. The molecule has 0 radical (unpaired) electrons. The Morgan fingerprint density at radius 2 is 1.81 bits per heavy atom. The normalized spacial score (nSPS) is 15.6. The molecule has 0 spiro atoms. The molecule has 0 unspecified atom stereocenters. The molecule has 10 nitrogen and oxygen atoms in total. The third-order valence-electron chi connectivity index (χ3n) is 4.88. The van der Waals surface area contributed by atoms with Gasteiger partial charge in [-0.2, -0.15) is 4.31 Å². The lowest BCUT2D eigenvalue weighted by atomic mass is 10.2. The number of hydrogen-bond donors (Lipinski definition) is 2. The predicted octanol–water partition coefficient (Wildman–Crippen LogP) is 1.70. The minimum atomic E-state index is -3.78. The molecular formula is C20H20N2O8S. The van der Waals surface area contributed by atoms with Crippen molar-refractivity contribution in [3.8, 4) is 17.2 Å². The third-order valence-corrected chi connectivity index (χ3v) is 6.78. The fourth-order valence-electron chi connectivity index (χ4n) is 3.30. The van der Waals surface area contributed by atoms with E-state index in [1.165, 1.54) is 10.4 Å². The van der Waals surface area contributed by atoms with E-state index < -0.39 is 34.3 Å². The van der Waals surface area contributed by atoms with E-state index in [0.29, 0.717) is 30.3 Å². The topological polar surface area (TPSA) is 131 Å². The highest BCUT2D eigenvalue weighted by molar-refractivity contribution is 7.89. The quantitative estimate of drug-likeness (QED) is 0.639. The van der Waals surface area contributed by atoms with Gasteiger partial charge in [-0.25, -0.2) is 13.2 Å². The Morgan fingerprint density at radius 1 is 1.06 bits per heavy atom. The van der Waals surface area contributed by atoms with Gasteiger partial charge in [0.05, 0.1) is 4.90 Å². The molecule has 1 amide bonds. The van der Waals surface area contributed by atoms with Crippen LogP contribution in [0.1, 0.15) is 23.2 Å². The SMILES string of the molecule is O=C(COC(=O)c1cc(S(=O)(=O)N2CCCC2)ccc1O)Nc1ccc2c(c1)OCO2. The van der Waals surface area contributed by atoms with Crippen LogP contribution in [0.25, 0.3) is 0 Å². The number of nitrogens with zero attached hydrogens (tertiary/aromatic N) is 1. The molecule has 0 saturated carbocycles. The number of ether oxygens (including phenoxy) is 3. The zero-order valence-electron chi connectivity index (χ0n) is 16.4. The second kappa shape index (κ2) is 8.44. The van der Waals surface area contributed by atoms with Gasteiger partial charge >= 0.3 is 5.97 Å². The number of carbonyl (C=O) groups is 2. The highest BCUT2D eigenvalue weighted by atomic mass is 32.2. The number of aromatic hydroxyl groups is 1. The molecule has 2 aliphatic rings. The molecule has 31 heavy (non-hydrogen) atoms. The second-order valence-electron chi connectivity index (χ2n) is 6.98. The van der Waals surface area contributed by atoms with Gasteiger partial charge in [0, 0.05) is 24.8 Å². The van der Waals surface area contributed by atoms with Gasteiger partial charge in [-0.1, -0.05) is 0 Å². The average molecular weight is 448 g/mol. The largest absolute Gasteiger partial charge is 0.507 e. The molecule has 0 aromatic heterocycles. The number of phenols is 1. The van der Waals surface area contributed by atoms with E-state index in [2.05, 4.69) is 5.32 Å². The van der Waals surface area contributed by atoms with E-state index in [1.54, 1.807) is 18.2 Å². The summed E-state index contributed by atoms with van der Waals surface area (Å²) in [6.07, 6.45) is 1.54. The Morgan fingerprint density at radius 3 is 2.58 bits per heavy atom. The molecule has 4 rings (SSSR count). The van der Waals surface area contributed by atoms with Crippen molar-refractivity contribution in [2.45, 2.75) is 17.7 Å². The third kappa shape index (κ3) is 4.42. The minimum absolute atomic E-state index is 0.0976. The molecule has 2 N–H and O–H groups in total. The van der Waals surface area contributed by atoms with Crippen LogP contribution in [0.2, 0.25) is 0 Å². The van der Waals surface area contributed by atoms with Gasteiger partial charge in [0.25, 0.3) is 5.91 Å². The van der Waals surface area contributed by atoms with Crippen LogP contribution in [0.4, 0.5) is 5.69 Å². The van der Waals surface area contributed by atoms with E-state index in [9.17, 15) is 23.1 Å². The van der Waals surface area contributed by atoms with Crippen molar-refractivity contribution in [3.05, 3.63) is 42.0 Å². The molecule has 0 aliphatic carbocycles. The summed E-state index contributed by atoms with van der Waals surface area (Å²) in [5.41, 5.74) is 0.0861. The molecule has 1 saturated heterocycles. The summed E-state index contributed by atoms with van der Waals surface area (Å²) in [5.74, 6) is -1.04. The zero-order valence-corrected chi connectivity index (χ0v) is 17.2. The van der Waals surface area contributed by atoms with Gasteiger partial charge in [0.2, 0.25) is 16.8 Å². The maximum absolute atomic E-state index is 12.7. The molecule has 1 fully saturated rings. The number of esters is 1. The van der Waals surface area contributed by atoms with E-state index >= 15 is 0 Å². The Labute approximate surface area is 178 Å². The number of benzene rings is 2. The number of carbonyl (C=O) groups excluding carboxylic acids is 2. The summed E-state index contributed by atoms with van der Waals surface area (Å²) < 4.78 is 42.1. The first kappa shape index (κ1) is 20.9. The van der Waals surface area contributed by atoms with Crippen LogP contribution >= 0.6 is 0 Å².